The second-order valence-electron chi connectivity index (χ2n) is 8.18. The lowest BCUT2D eigenvalue weighted by Crippen LogP contribution is -2.39. The van der Waals surface area contributed by atoms with E-state index in [4.69, 9.17) is 0 Å². The number of rotatable bonds is 5. The van der Waals surface area contributed by atoms with E-state index >= 15 is 0 Å². The molecule has 0 spiro atoms. The van der Waals surface area contributed by atoms with Crippen molar-refractivity contribution in [2.45, 2.75) is 70.8 Å². The summed E-state index contributed by atoms with van der Waals surface area (Å²) in [6.07, 6.45) is 3.91. The fraction of sp³-hybridized carbons (Fsp3) is 0.500. The standard InChI is InChI=1S/C24H33N/c1-17(2)19-8-12-21(13-9-19)24(23-7-5-6-16-25-23)22-14-10-20(11-15-22)18(3)4/h8-15,17-18,23-25H,5-7,16H2,1-4H3/t23-/m1/s1. The first-order chi connectivity index (χ1) is 12.1. The summed E-state index contributed by atoms with van der Waals surface area (Å²) in [4.78, 5) is 0. The fourth-order valence-corrected chi connectivity index (χ4v) is 4.00. The van der Waals surface area contributed by atoms with Crippen LogP contribution in [0.3, 0.4) is 0 Å². The van der Waals surface area contributed by atoms with E-state index in [1.165, 1.54) is 41.5 Å². The van der Waals surface area contributed by atoms with E-state index in [0.717, 1.165) is 6.54 Å². The molecule has 25 heavy (non-hydrogen) atoms. The summed E-state index contributed by atoms with van der Waals surface area (Å²) >= 11 is 0. The molecule has 0 aromatic heterocycles. The molecule has 2 aromatic rings. The van der Waals surface area contributed by atoms with E-state index < -0.39 is 0 Å². The number of piperidine rings is 1. The Morgan fingerprint density at radius 2 is 1.12 bits per heavy atom. The van der Waals surface area contributed by atoms with Crippen LogP contribution in [0, 0.1) is 0 Å². The van der Waals surface area contributed by atoms with Gasteiger partial charge in [-0.05, 0) is 53.5 Å². The van der Waals surface area contributed by atoms with Crippen molar-refractivity contribution in [2.24, 2.45) is 0 Å². The van der Waals surface area contributed by atoms with Crippen LogP contribution in [0.4, 0.5) is 0 Å². The second-order valence-corrected chi connectivity index (χ2v) is 8.18. The van der Waals surface area contributed by atoms with Crippen molar-refractivity contribution in [3.63, 3.8) is 0 Å². The Labute approximate surface area is 153 Å². The van der Waals surface area contributed by atoms with Crippen molar-refractivity contribution < 1.29 is 0 Å². The molecule has 1 aliphatic heterocycles. The van der Waals surface area contributed by atoms with Crippen LogP contribution < -0.4 is 5.32 Å². The average Bonchev–Trinajstić information content (AvgIpc) is 2.64. The number of benzene rings is 2. The van der Waals surface area contributed by atoms with Crippen LogP contribution in [-0.2, 0) is 0 Å². The molecular weight excluding hydrogens is 302 g/mol. The maximum absolute atomic E-state index is 3.79. The van der Waals surface area contributed by atoms with Crippen LogP contribution in [-0.4, -0.2) is 12.6 Å². The van der Waals surface area contributed by atoms with E-state index in [2.05, 4.69) is 81.5 Å². The van der Waals surface area contributed by atoms with E-state index in [0.29, 0.717) is 23.8 Å². The fourth-order valence-electron chi connectivity index (χ4n) is 4.00. The van der Waals surface area contributed by atoms with Crippen molar-refractivity contribution in [3.8, 4) is 0 Å². The van der Waals surface area contributed by atoms with Gasteiger partial charge in [-0.15, -0.1) is 0 Å². The lowest BCUT2D eigenvalue weighted by Gasteiger charge is -2.32. The van der Waals surface area contributed by atoms with Crippen LogP contribution in [0.25, 0.3) is 0 Å². The predicted octanol–water partition coefficient (Wildman–Crippen LogP) is 6.21. The summed E-state index contributed by atoms with van der Waals surface area (Å²) in [5.74, 6) is 1.62. The quantitative estimate of drug-likeness (QED) is 0.685. The molecule has 1 nitrogen and oxygen atoms in total. The molecule has 1 heterocycles. The SMILES string of the molecule is CC(C)c1ccc(C(c2ccc(C(C)C)cc2)[C@H]2CCCCN2)cc1. The lowest BCUT2D eigenvalue weighted by molar-refractivity contribution is 0.372. The van der Waals surface area contributed by atoms with Gasteiger partial charge in [0.1, 0.15) is 0 Å². The minimum absolute atomic E-state index is 0.447. The van der Waals surface area contributed by atoms with Crippen LogP contribution in [0.5, 0.6) is 0 Å². The average molecular weight is 336 g/mol. The summed E-state index contributed by atoms with van der Waals surface area (Å²) < 4.78 is 0. The smallest absolute Gasteiger partial charge is 0.0243 e. The zero-order chi connectivity index (χ0) is 17.8. The van der Waals surface area contributed by atoms with Gasteiger partial charge >= 0.3 is 0 Å². The third-order valence-corrected chi connectivity index (χ3v) is 5.68. The van der Waals surface area contributed by atoms with Gasteiger partial charge in [0.25, 0.3) is 0 Å². The highest BCUT2D eigenvalue weighted by molar-refractivity contribution is 5.38. The Morgan fingerprint density at radius 3 is 1.48 bits per heavy atom. The summed E-state index contributed by atoms with van der Waals surface area (Å²) in [7, 11) is 0. The molecule has 1 heteroatoms. The molecule has 0 bridgehead atoms. The molecule has 2 aromatic carbocycles. The Kier molecular flexibility index (Phi) is 5.96. The zero-order valence-corrected chi connectivity index (χ0v) is 16.3. The lowest BCUT2D eigenvalue weighted by atomic mass is 9.80. The molecule has 1 aliphatic rings. The number of hydrogen-bond acceptors (Lipinski definition) is 1. The highest BCUT2D eigenvalue weighted by Gasteiger charge is 2.26. The maximum Gasteiger partial charge on any atom is 0.0243 e. The Hall–Kier alpha value is -1.60. The summed E-state index contributed by atoms with van der Waals surface area (Å²) in [6, 6.07) is 19.2. The van der Waals surface area contributed by atoms with Gasteiger partial charge in [0.05, 0.1) is 0 Å². The van der Waals surface area contributed by atoms with Gasteiger partial charge in [0.15, 0.2) is 0 Å². The first-order valence-electron chi connectivity index (χ1n) is 9.99. The van der Waals surface area contributed by atoms with Crippen molar-refractivity contribution >= 4 is 0 Å². The molecule has 1 atom stereocenters. The zero-order valence-electron chi connectivity index (χ0n) is 16.3. The van der Waals surface area contributed by atoms with Gasteiger partial charge in [-0.3, -0.25) is 0 Å². The number of nitrogens with one attached hydrogen (secondary N) is 1. The van der Waals surface area contributed by atoms with Crippen molar-refractivity contribution in [3.05, 3.63) is 70.8 Å². The van der Waals surface area contributed by atoms with Crippen molar-refractivity contribution in [1.82, 2.24) is 5.32 Å². The minimum Gasteiger partial charge on any atom is -0.313 e. The van der Waals surface area contributed by atoms with E-state index in [9.17, 15) is 0 Å². The highest BCUT2D eigenvalue weighted by atomic mass is 14.9. The van der Waals surface area contributed by atoms with E-state index in [1.807, 2.05) is 0 Å². The molecule has 0 unspecified atom stereocenters. The molecule has 1 N–H and O–H groups in total. The first-order valence-corrected chi connectivity index (χ1v) is 9.99. The van der Waals surface area contributed by atoms with Gasteiger partial charge in [0.2, 0.25) is 0 Å². The third-order valence-electron chi connectivity index (χ3n) is 5.68. The molecule has 0 amide bonds. The van der Waals surface area contributed by atoms with Gasteiger partial charge < -0.3 is 5.32 Å². The second kappa shape index (κ2) is 8.19. The van der Waals surface area contributed by atoms with E-state index in [1.54, 1.807) is 0 Å². The van der Waals surface area contributed by atoms with E-state index in [-0.39, 0.29) is 0 Å². The van der Waals surface area contributed by atoms with Gasteiger partial charge in [-0.2, -0.15) is 0 Å². The van der Waals surface area contributed by atoms with Crippen molar-refractivity contribution in [2.75, 3.05) is 6.54 Å². The highest BCUT2D eigenvalue weighted by Crippen LogP contribution is 2.33. The Bertz CT molecular complexity index is 594. The molecule has 1 saturated heterocycles. The van der Waals surface area contributed by atoms with Crippen LogP contribution in [0.2, 0.25) is 0 Å². The molecule has 134 valence electrons. The van der Waals surface area contributed by atoms with Crippen LogP contribution in [0.1, 0.15) is 87.0 Å². The topological polar surface area (TPSA) is 12.0 Å². The molecular formula is C24H33N. The summed E-state index contributed by atoms with van der Waals surface area (Å²) in [6.45, 7) is 10.2. The van der Waals surface area contributed by atoms with Gasteiger partial charge in [-0.1, -0.05) is 82.6 Å². The summed E-state index contributed by atoms with van der Waals surface area (Å²) in [5, 5.41) is 3.79. The monoisotopic (exact) mass is 335 g/mol. The third kappa shape index (κ3) is 4.33. The normalized spacial score (nSPS) is 18.3. The van der Waals surface area contributed by atoms with Crippen molar-refractivity contribution in [1.29, 1.82) is 0 Å². The summed E-state index contributed by atoms with van der Waals surface area (Å²) in [5.41, 5.74) is 5.74. The molecule has 0 radical (unpaired) electrons. The van der Waals surface area contributed by atoms with Gasteiger partial charge in [-0.25, -0.2) is 0 Å². The molecule has 0 saturated carbocycles. The van der Waals surface area contributed by atoms with Crippen LogP contribution >= 0.6 is 0 Å². The first kappa shape index (κ1) is 18.2. The Morgan fingerprint density at radius 1 is 0.680 bits per heavy atom. The predicted molar refractivity (Wildman–Crippen MR) is 109 cm³/mol. The van der Waals surface area contributed by atoms with Crippen LogP contribution in [0.15, 0.2) is 48.5 Å². The number of hydrogen-bond donors (Lipinski definition) is 1. The largest absolute Gasteiger partial charge is 0.313 e. The Balaban J connectivity index is 1.94. The molecule has 0 aliphatic carbocycles. The maximum atomic E-state index is 3.79. The molecule has 3 rings (SSSR count). The van der Waals surface area contributed by atoms with Gasteiger partial charge in [0, 0.05) is 12.0 Å². The minimum atomic E-state index is 0.447. The molecule has 1 fully saturated rings.